The number of nitrogens with zero attached hydrogens (tertiary/aromatic N) is 2. The molecule has 0 amide bonds. The number of hydrogen-bond acceptors (Lipinski definition) is 5. The molecule has 9 heteroatoms. The smallest absolute Gasteiger partial charge is 0.253 e. The summed E-state index contributed by atoms with van der Waals surface area (Å²) >= 11 is 9.95. The Morgan fingerprint density at radius 2 is 2.22 bits per heavy atom. The maximum atomic E-state index is 12.0. The molecule has 2 rings (SSSR count). The minimum absolute atomic E-state index is 0.137. The first kappa shape index (κ1) is 13.7. The van der Waals surface area contributed by atoms with Gasteiger partial charge in [-0.05, 0) is 17.7 Å². The van der Waals surface area contributed by atoms with Crippen LogP contribution in [0.3, 0.4) is 0 Å². The molecule has 0 aliphatic rings. The SMILES string of the molecule is O=S(=O)(Nc1ncns1)c1ccc(CCl)c(Br)c1. The zero-order valence-electron chi connectivity index (χ0n) is 8.80. The Morgan fingerprint density at radius 1 is 1.44 bits per heavy atom. The van der Waals surface area contributed by atoms with Crippen LogP contribution in [0.1, 0.15) is 5.56 Å². The Hall–Kier alpha value is -0.700. The highest BCUT2D eigenvalue weighted by Gasteiger charge is 2.16. The normalized spacial score (nSPS) is 11.4. The standard InChI is InChI=1S/C9H7BrClN3O2S2/c10-8-3-7(2-1-6(8)4-11)18(15,16)14-9-12-5-13-17-9/h1-3,5H,4H2,(H,12,13,14). The van der Waals surface area contributed by atoms with Crippen LogP contribution >= 0.6 is 39.1 Å². The second kappa shape index (κ2) is 5.52. The first-order valence-electron chi connectivity index (χ1n) is 4.67. The summed E-state index contributed by atoms with van der Waals surface area (Å²) < 4.78 is 30.8. The number of aromatic nitrogens is 2. The van der Waals surface area contributed by atoms with Crippen molar-refractivity contribution in [2.45, 2.75) is 10.8 Å². The summed E-state index contributed by atoms with van der Waals surface area (Å²) in [4.78, 5) is 3.90. The third-order valence-electron chi connectivity index (χ3n) is 2.06. The molecule has 0 aliphatic carbocycles. The number of benzene rings is 1. The Morgan fingerprint density at radius 3 is 2.78 bits per heavy atom. The maximum Gasteiger partial charge on any atom is 0.263 e. The van der Waals surface area contributed by atoms with E-state index in [1.807, 2.05) is 0 Å². The highest BCUT2D eigenvalue weighted by Crippen LogP contribution is 2.24. The molecule has 0 saturated heterocycles. The topological polar surface area (TPSA) is 72.0 Å². The first-order valence-corrected chi connectivity index (χ1v) is 8.25. The van der Waals surface area contributed by atoms with Crippen LogP contribution in [0.4, 0.5) is 5.13 Å². The highest BCUT2D eigenvalue weighted by atomic mass is 79.9. The number of nitrogens with one attached hydrogen (secondary N) is 1. The minimum atomic E-state index is -3.65. The molecule has 1 aromatic heterocycles. The molecule has 0 unspecified atom stereocenters. The Balaban J connectivity index is 2.33. The number of rotatable bonds is 4. The lowest BCUT2D eigenvalue weighted by Crippen LogP contribution is -2.12. The van der Waals surface area contributed by atoms with Gasteiger partial charge in [0.15, 0.2) is 0 Å². The quantitative estimate of drug-likeness (QED) is 0.842. The Bertz CT molecular complexity index is 646. The van der Waals surface area contributed by atoms with Crippen molar-refractivity contribution in [3.8, 4) is 0 Å². The van der Waals surface area contributed by atoms with Crippen LogP contribution < -0.4 is 4.72 Å². The zero-order valence-corrected chi connectivity index (χ0v) is 12.8. The van der Waals surface area contributed by atoms with Crippen LogP contribution in [0.5, 0.6) is 0 Å². The van der Waals surface area contributed by atoms with E-state index in [0.717, 1.165) is 17.1 Å². The fraction of sp³-hybridized carbons (Fsp3) is 0.111. The van der Waals surface area contributed by atoms with Crippen molar-refractivity contribution in [1.29, 1.82) is 0 Å². The predicted octanol–water partition coefficient (Wildman–Crippen LogP) is 2.84. The molecule has 5 nitrogen and oxygen atoms in total. The van der Waals surface area contributed by atoms with Crippen molar-refractivity contribution in [3.05, 3.63) is 34.6 Å². The van der Waals surface area contributed by atoms with Gasteiger partial charge >= 0.3 is 0 Å². The second-order valence-electron chi connectivity index (χ2n) is 3.24. The molecule has 1 heterocycles. The monoisotopic (exact) mass is 367 g/mol. The van der Waals surface area contributed by atoms with Gasteiger partial charge in [-0.3, -0.25) is 4.72 Å². The van der Waals surface area contributed by atoms with Gasteiger partial charge in [-0.2, -0.15) is 4.37 Å². The summed E-state index contributed by atoms with van der Waals surface area (Å²) in [6, 6.07) is 4.65. The van der Waals surface area contributed by atoms with E-state index < -0.39 is 10.0 Å². The molecule has 2 aromatic rings. The predicted molar refractivity (Wildman–Crippen MR) is 74.4 cm³/mol. The lowest BCUT2D eigenvalue weighted by molar-refractivity contribution is 0.601. The van der Waals surface area contributed by atoms with Gasteiger partial charge < -0.3 is 0 Å². The Kier molecular flexibility index (Phi) is 4.21. The van der Waals surface area contributed by atoms with Gasteiger partial charge in [0.25, 0.3) is 10.0 Å². The number of alkyl halides is 1. The lowest BCUT2D eigenvalue weighted by Gasteiger charge is -2.07. The van der Waals surface area contributed by atoms with Crippen molar-refractivity contribution in [2.24, 2.45) is 0 Å². The third-order valence-corrected chi connectivity index (χ3v) is 5.13. The summed E-state index contributed by atoms with van der Waals surface area (Å²) in [6.07, 6.45) is 1.29. The van der Waals surface area contributed by atoms with Gasteiger partial charge in [-0.1, -0.05) is 22.0 Å². The lowest BCUT2D eigenvalue weighted by atomic mass is 10.2. The van der Waals surface area contributed by atoms with E-state index >= 15 is 0 Å². The number of sulfonamides is 1. The Labute approximate surface area is 122 Å². The molecule has 0 spiro atoms. The molecule has 0 saturated carbocycles. The molecule has 18 heavy (non-hydrogen) atoms. The third kappa shape index (κ3) is 3.00. The van der Waals surface area contributed by atoms with E-state index in [-0.39, 0.29) is 10.0 Å². The molecular formula is C9H7BrClN3O2S2. The van der Waals surface area contributed by atoms with Crippen LogP contribution in [0.2, 0.25) is 0 Å². The number of anilines is 1. The molecule has 96 valence electrons. The van der Waals surface area contributed by atoms with Crippen molar-refractivity contribution >= 4 is 54.2 Å². The fourth-order valence-electron chi connectivity index (χ4n) is 1.20. The summed E-state index contributed by atoms with van der Waals surface area (Å²) in [7, 11) is -3.65. The van der Waals surface area contributed by atoms with Gasteiger partial charge in [0, 0.05) is 21.9 Å². The van der Waals surface area contributed by atoms with E-state index in [4.69, 9.17) is 11.6 Å². The minimum Gasteiger partial charge on any atom is -0.253 e. The van der Waals surface area contributed by atoms with E-state index in [0.29, 0.717) is 10.4 Å². The molecule has 1 N–H and O–H groups in total. The summed E-state index contributed by atoms with van der Waals surface area (Å²) in [6.45, 7) is 0. The number of hydrogen-bond donors (Lipinski definition) is 1. The van der Waals surface area contributed by atoms with Crippen molar-refractivity contribution in [2.75, 3.05) is 4.72 Å². The van der Waals surface area contributed by atoms with E-state index in [1.165, 1.54) is 18.5 Å². The fourth-order valence-corrected chi connectivity index (χ4v) is 3.95. The molecule has 0 fully saturated rings. The van der Waals surface area contributed by atoms with E-state index in [9.17, 15) is 8.42 Å². The molecule has 0 aliphatic heterocycles. The average molecular weight is 369 g/mol. The van der Waals surface area contributed by atoms with Gasteiger partial charge in [-0.25, -0.2) is 13.4 Å². The van der Waals surface area contributed by atoms with Crippen LogP contribution in [-0.2, 0) is 15.9 Å². The molecule has 0 bridgehead atoms. The van der Waals surface area contributed by atoms with Crippen molar-refractivity contribution in [1.82, 2.24) is 9.36 Å². The van der Waals surface area contributed by atoms with Crippen LogP contribution in [0.25, 0.3) is 0 Å². The van der Waals surface area contributed by atoms with Crippen LogP contribution in [-0.4, -0.2) is 17.8 Å². The second-order valence-corrected chi connectivity index (χ2v) is 6.82. The van der Waals surface area contributed by atoms with Crippen molar-refractivity contribution in [3.63, 3.8) is 0 Å². The van der Waals surface area contributed by atoms with Gasteiger partial charge in [0.2, 0.25) is 5.13 Å². The van der Waals surface area contributed by atoms with E-state index in [1.54, 1.807) is 6.07 Å². The molecular weight excluding hydrogens is 362 g/mol. The average Bonchev–Trinajstić information content (AvgIpc) is 2.81. The maximum absolute atomic E-state index is 12.0. The van der Waals surface area contributed by atoms with Crippen molar-refractivity contribution < 1.29 is 8.42 Å². The summed E-state index contributed by atoms with van der Waals surface area (Å²) in [5, 5.41) is 0.229. The highest BCUT2D eigenvalue weighted by molar-refractivity contribution is 9.10. The largest absolute Gasteiger partial charge is 0.263 e. The number of halogens is 2. The van der Waals surface area contributed by atoms with Gasteiger partial charge in [0.05, 0.1) is 4.90 Å². The van der Waals surface area contributed by atoms with Gasteiger partial charge in [-0.15, -0.1) is 11.6 Å². The summed E-state index contributed by atoms with van der Waals surface area (Å²) in [5.41, 5.74) is 0.825. The van der Waals surface area contributed by atoms with Crippen LogP contribution in [0, 0.1) is 0 Å². The van der Waals surface area contributed by atoms with E-state index in [2.05, 4.69) is 30.0 Å². The summed E-state index contributed by atoms with van der Waals surface area (Å²) in [5.74, 6) is 0.310. The van der Waals surface area contributed by atoms with Gasteiger partial charge in [0.1, 0.15) is 6.33 Å². The zero-order chi connectivity index (χ0) is 13.2. The first-order chi connectivity index (χ1) is 8.53. The van der Waals surface area contributed by atoms with Crippen LogP contribution in [0.15, 0.2) is 33.9 Å². The molecule has 0 radical (unpaired) electrons. The molecule has 1 aromatic carbocycles. The molecule has 0 atom stereocenters.